The van der Waals surface area contributed by atoms with Crippen LogP contribution in [0.2, 0.25) is 0 Å². The molecule has 6 nitrogen and oxygen atoms in total. The second-order valence-electron chi connectivity index (χ2n) is 14.1. The fourth-order valence-electron chi connectivity index (χ4n) is 6.50. The summed E-state index contributed by atoms with van der Waals surface area (Å²) in [5, 5.41) is 0. The van der Waals surface area contributed by atoms with Crippen molar-refractivity contribution in [2.75, 3.05) is 9.80 Å². The Bertz CT molecular complexity index is 2440. The fraction of sp³-hybridized carbons (Fsp3) is 0.0370. The van der Waals surface area contributed by atoms with E-state index in [0.29, 0.717) is 11.5 Å². The Morgan fingerprint density at radius 2 is 0.583 bits per heavy atom. The highest BCUT2D eigenvalue weighted by atomic mass is 16.5. The summed E-state index contributed by atoms with van der Waals surface area (Å²) in [6.07, 6.45) is 10.8. The predicted octanol–water partition coefficient (Wildman–Crippen LogP) is 13.8. The molecule has 0 aliphatic heterocycles. The van der Waals surface area contributed by atoms with Crippen molar-refractivity contribution in [3.05, 3.63) is 229 Å². The first-order valence-corrected chi connectivity index (χ1v) is 19.5. The van der Waals surface area contributed by atoms with Crippen LogP contribution in [0, 0.1) is 13.8 Å². The second-order valence-corrected chi connectivity index (χ2v) is 14.1. The van der Waals surface area contributed by atoms with Crippen molar-refractivity contribution in [1.29, 1.82) is 0 Å². The number of hydrogen-bond donors (Lipinski definition) is 0. The maximum atomic E-state index is 11.7. The van der Waals surface area contributed by atoms with Crippen LogP contribution in [0.15, 0.2) is 195 Å². The molecule has 0 radical (unpaired) electrons. The lowest BCUT2D eigenvalue weighted by Gasteiger charge is -2.26. The molecule has 0 fully saturated rings. The van der Waals surface area contributed by atoms with Crippen LogP contribution < -0.4 is 19.3 Å². The average Bonchev–Trinajstić information content (AvgIpc) is 3.28. The van der Waals surface area contributed by atoms with Crippen LogP contribution in [0.3, 0.4) is 0 Å². The number of anilines is 6. The van der Waals surface area contributed by atoms with Gasteiger partial charge in [0.2, 0.25) is 0 Å². The van der Waals surface area contributed by atoms with Gasteiger partial charge in [-0.05, 0) is 133 Å². The maximum Gasteiger partial charge on any atom is 0.335 e. The molecule has 0 atom stereocenters. The van der Waals surface area contributed by atoms with Crippen molar-refractivity contribution in [2.24, 2.45) is 0 Å². The van der Waals surface area contributed by atoms with Gasteiger partial charge in [0.05, 0.1) is 0 Å². The smallest absolute Gasteiger partial charge is 0.335 e. The van der Waals surface area contributed by atoms with Crippen molar-refractivity contribution < 1.29 is 19.1 Å². The topological polar surface area (TPSA) is 59.1 Å². The molecule has 0 bridgehead atoms. The number of carbonyl (C=O) groups excluding carboxylic acids is 2. The highest BCUT2D eigenvalue weighted by Gasteiger charge is 2.15. The maximum absolute atomic E-state index is 11.7. The van der Waals surface area contributed by atoms with Gasteiger partial charge in [0.1, 0.15) is 11.5 Å². The first-order chi connectivity index (χ1) is 29.2. The number of carbonyl (C=O) groups is 2. The number of esters is 2. The molecular formula is C54H44N2O4. The van der Waals surface area contributed by atoms with Crippen LogP contribution in [0.5, 0.6) is 11.5 Å². The van der Waals surface area contributed by atoms with Gasteiger partial charge in [0.15, 0.2) is 0 Å². The lowest BCUT2D eigenvalue weighted by molar-refractivity contribution is -0.129. The molecule has 0 unspecified atom stereocenters. The molecular weight excluding hydrogens is 741 g/mol. The Morgan fingerprint density at radius 3 is 0.833 bits per heavy atom. The van der Waals surface area contributed by atoms with Crippen molar-refractivity contribution in [3.63, 3.8) is 0 Å². The Balaban J connectivity index is 1.02. The van der Waals surface area contributed by atoms with Crippen LogP contribution in [0.1, 0.15) is 33.4 Å². The van der Waals surface area contributed by atoms with E-state index in [2.05, 4.69) is 182 Å². The molecule has 0 aromatic heterocycles. The van der Waals surface area contributed by atoms with Gasteiger partial charge in [-0.3, -0.25) is 0 Å². The number of nitrogens with zero attached hydrogens (tertiary/aromatic N) is 2. The summed E-state index contributed by atoms with van der Waals surface area (Å²) >= 11 is 0. The molecule has 294 valence electrons. The zero-order valence-electron chi connectivity index (χ0n) is 33.6. The summed E-state index contributed by atoms with van der Waals surface area (Å²) in [7, 11) is 0. The van der Waals surface area contributed by atoms with Gasteiger partial charge >= 0.3 is 11.9 Å². The zero-order chi connectivity index (χ0) is 41.8. The molecule has 0 N–H and O–H groups in total. The Labute approximate surface area is 351 Å². The Kier molecular flexibility index (Phi) is 12.7. The van der Waals surface area contributed by atoms with Crippen LogP contribution in [0.4, 0.5) is 34.1 Å². The molecule has 7 aromatic carbocycles. The summed E-state index contributed by atoms with van der Waals surface area (Å²) < 4.78 is 10.6. The van der Waals surface area contributed by atoms with Gasteiger partial charge in [-0.1, -0.05) is 121 Å². The van der Waals surface area contributed by atoms with Gasteiger partial charge in [-0.25, -0.2) is 9.59 Å². The Morgan fingerprint density at radius 1 is 0.367 bits per heavy atom. The normalized spacial score (nSPS) is 11.0. The van der Waals surface area contributed by atoms with Crippen molar-refractivity contribution >= 4 is 70.4 Å². The molecule has 7 rings (SSSR count). The lowest BCUT2D eigenvalue weighted by Crippen LogP contribution is -2.10. The van der Waals surface area contributed by atoms with E-state index in [1.807, 2.05) is 24.3 Å². The average molecular weight is 785 g/mol. The summed E-state index contributed by atoms with van der Waals surface area (Å²) in [6, 6.07) is 57.0. The molecule has 0 saturated carbocycles. The molecule has 0 saturated heterocycles. The number of rotatable bonds is 14. The lowest BCUT2D eigenvalue weighted by atomic mass is 10.1. The third kappa shape index (κ3) is 10.3. The van der Waals surface area contributed by atoms with E-state index in [1.54, 1.807) is 24.3 Å². The zero-order valence-corrected chi connectivity index (χ0v) is 33.6. The van der Waals surface area contributed by atoms with E-state index < -0.39 is 11.9 Å². The molecule has 60 heavy (non-hydrogen) atoms. The highest BCUT2D eigenvalue weighted by molar-refractivity contribution is 5.85. The third-order valence-corrected chi connectivity index (χ3v) is 9.72. The van der Waals surface area contributed by atoms with E-state index >= 15 is 0 Å². The second kappa shape index (κ2) is 19.0. The molecule has 0 aliphatic rings. The van der Waals surface area contributed by atoms with Gasteiger partial charge in [-0.2, -0.15) is 0 Å². The molecule has 6 heteroatoms. The Hall–Kier alpha value is -7.96. The van der Waals surface area contributed by atoms with Crippen LogP contribution in [0.25, 0.3) is 24.3 Å². The van der Waals surface area contributed by atoms with Crippen molar-refractivity contribution in [1.82, 2.24) is 0 Å². The van der Waals surface area contributed by atoms with E-state index in [9.17, 15) is 9.59 Å². The molecule has 0 spiro atoms. The largest absolute Gasteiger partial charge is 0.423 e. The first-order valence-electron chi connectivity index (χ1n) is 19.5. The number of aryl methyl sites for hydroxylation is 2. The summed E-state index contributed by atoms with van der Waals surface area (Å²) in [5.41, 5.74) is 12.6. The SMILES string of the molecule is C=CC(=O)Oc1ccc(N(c2ccc(C)cc2)c2ccc(C=Cc3ccc(C=Cc4ccc(N(c5ccc(C)cc5)c5ccc(OC(=O)C=C)cc5)cc4)cc3)cc2)cc1. The van der Waals surface area contributed by atoms with Crippen LogP contribution in [-0.4, -0.2) is 11.9 Å². The summed E-state index contributed by atoms with van der Waals surface area (Å²) in [6.45, 7) is 11.1. The van der Waals surface area contributed by atoms with E-state index in [0.717, 1.165) is 68.5 Å². The minimum Gasteiger partial charge on any atom is -0.423 e. The molecule has 7 aromatic rings. The fourth-order valence-corrected chi connectivity index (χ4v) is 6.50. The van der Waals surface area contributed by atoms with Gasteiger partial charge in [0, 0.05) is 46.3 Å². The summed E-state index contributed by atoms with van der Waals surface area (Å²) in [5.74, 6) is -0.0659. The van der Waals surface area contributed by atoms with Crippen molar-refractivity contribution in [2.45, 2.75) is 13.8 Å². The molecule has 0 aliphatic carbocycles. The standard InChI is InChI=1S/C54H44N2O4/c1-5-53(57)59-51-35-31-49(32-36-51)55(45-23-7-39(3)8-24-45)47-27-19-43(20-28-47)17-15-41-11-13-42(14-12-41)16-18-44-21-29-48(30-22-44)56(46-25-9-40(4)10-26-46)50-33-37-52(38-34-50)60-54(58)6-2/h5-38H,1-2H2,3-4H3. The van der Waals surface area contributed by atoms with Crippen LogP contribution in [-0.2, 0) is 9.59 Å². The third-order valence-electron chi connectivity index (χ3n) is 9.72. The minimum absolute atomic E-state index is 0.460. The highest BCUT2D eigenvalue weighted by Crippen LogP contribution is 2.37. The summed E-state index contributed by atoms with van der Waals surface area (Å²) in [4.78, 5) is 27.7. The molecule has 0 heterocycles. The monoisotopic (exact) mass is 784 g/mol. The van der Waals surface area contributed by atoms with Gasteiger partial charge < -0.3 is 19.3 Å². The minimum atomic E-state index is -0.493. The van der Waals surface area contributed by atoms with E-state index in [1.165, 1.54) is 11.1 Å². The molecule has 0 amide bonds. The van der Waals surface area contributed by atoms with Crippen molar-refractivity contribution in [3.8, 4) is 11.5 Å². The van der Waals surface area contributed by atoms with E-state index in [4.69, 9.17) is 9.47 Å². The van der Waals surface area contributed by atoms with Gasteiger partial charge in [0.25, 0.3) is 0 Å². The van der Waals surface area contributed by atoms with E-state index in [-0.39, 0.29) is 0 Å². The number of hydrogen-bond acceptors (Lipinski definition) is 6. The number of ether oxygens (including phenoxy) is 2. The van der Waals surface area contributed by atoms with Gasteiger partial charge in [-0.15, -0.1) is 0 Å². The predicted molar refractivity (Wildman–Crippen MR) is 248 cm³/mol. The first kappa shape index (κ1) is 40.2. The number of benzene rings is 7. The van der Waals surface area contributed by atoms with Crippen LogP contribution >= 0.6 is 0 Å². The quantitative estimate of drug-likeness (QED) is 0.0474.